The van der Waals surface area contributed by atoms with E-state index >= 15 is 0 Å². The normalized spacial score (nSPS) is 17.3. The predicted molar refractivity (Wildman–Crippen MR) is 58.0 cm³/mol. The molecule has 0 bridgehead atoms. The van der Waals surface area contributed by atoms with Crippen molar-refractivity contribution in [3.63, 3.8) is 0 Å². The second-order valence-electron chi connectivity index (χ2n) is 3.61. The number of aliphatic hydroxyl groups excluding tert-OH is 1. The maximum Gasteiger partial charge on any atom is 0.200 e. The zero-order valence-electron chi connectivity index (χ0n) is 8.40. The van der Waals surface area contributed by atoms with Crippen LogP contribution in [0.2, 0.25) is 0 Å². The second-order valence-corrected chi connectivity index (χ2v) is 5.35. The molecule has 0 atom stereocenters. The molecule has 0 radical (unpaired) electrons. The lowest BCUT2D eigenvalue weighted by Gasteiger charge is -2.04. The van der Waals surface area contributed by atoms with Crippen molar-refractivity contribution >= 4 is 15.4 Å². The van der Waals surface area contributed by atoms with E-state index in [2.05, 4.69) is 0 Å². The van der Waals surface area contributed by atoms with Crippen LogP contribution >= 0.6 is 0 Å². The van der Waals surface area contributed by atoms with Crippen LogP contribution in [0.25, 0.3) is 5.57 Å². The second kappa shape index (κ2) is 3.47. The zero-order valence-corrected chi connectivity index (χ0v) is 9.21. The smallest absolute Gasteiger partial charge is 0.200 e. The summed E-state index contributed by atoms with van der Waals surface area (Å²) in [7, 11) is -3.28. The number of hydrogen-bond acceptors (Lipinski definition) is 3. The Balaban J connectivity index is 2.68. The lowest BCUT2D eigenvalue weighted by molar-refractivity contribution is 0.305. The molecule has 4 heteroatoms. The Kier molecular flexibility index (Phi) is 2.40. The van der Waals surface area contributed by atoms with E-state index in [0.717, 1.165) is 11.1 Å². The first kappa shape index (κ1) is 10.4. The quantitative estimate of drug-likeness (QED) is 0.828. The highest BCUT2D eigenvalue weighted by Crippen LogP contribution is 2.36. The summed E-state index contributed by atoms with van der Waals surface area (Å²) >= 11 is 0. The monoisotopic (exact) mass is 224 g/mol. The molecular formula is C11H12O3S. The molecule has 1 N–H and O–H groups in total. The van der Waals surface area contributed by atoms with Gasteiger partial charge < -0.3 is 5.11 Å². The van der Waals surface area contributed by atoms with Crippen LogP contribution in [0, 0.1) is 6.92 Å². The molecule has 1 aliphatic heterocycles. The van der Waals surface area contributed by atoms with Crippen LogP contribution in [-0.4, -0.2) is 20.1 Å². The van der Waals surface area contributed by atoms with Gasteiger partial charge in [0.2, 0.25) is 9.84 Å². The van der Waals surface area contributed by atoms with Gasteiger partial charge in [0.15, 0.2) is 0 Å². The number of aryl methyl sites for hydroxylation is 1. The summed E-state index contributed by atoms with van der Waals surface area (Å²) in [6.45, 7) is 1.75. The van der Waals surface area contributed by atoms with Crippen LogP contribution in [0.1, 0.15) is 17.5 Å². The van der Waals surface area contributed by atoms with E-state index in [4.69, 9.17) is 5.11 Å². The number of aliphatic hydroxyl groups is 1. The van der Waals surface area contributed by atoms with Gasteiger partial charge in [-0.05, 0) is 30.0 Å². The molecule has 80 valence electrons. The molecule has 15 heavy (non-hydrogen) atoms. The highest BCUT2D eigenvalue weighted by Gasteiger charge is 2.27. The Morgan fingerprint density at radius 1 is 1.33 bits per heavy atom. The van der Waals surface area contributed by atoms with Crippen molar-refractivity contribution in [1.29, 1.82) is 0 Å². The molecule has 0 unspecified atom stereocenters. The van der Waals surface area contributed by atoms with Gasteiger partial charge in [-0.15, -0.1) is 0 Å². The van der Waals surface area contributed by atoms with Crippen LogP contribution in [0.5, 0.6) is 0 Å². The van der Waals surface area contributed by atoms with E-state index in [-0.39, 0.29) is 6.61 Å². The van der Waals surface area contributed by atoms with Gasteiger partial charge in [-0.3, -0.25) is 0 Å². The Morgan fingerprint density at radius 3 is 2.73 bits per heavy atom. The summed E-state index contributed by atoms with van der Waals surface area (Å²) in [6, 6.07) is 5.40. The van der Waals surface area contributed by atoms with Crippen molar-refractivity contribution < 1.29 is 13.5 Å². The topological polar surface area (TPSA) is 54.4 Å². The van der Waals surface area contributed by atoms with Crippen LogP contribution in [0.15, 0.2) is 28.5 Å². The molecule has 1 aromatic carbocycles. The highest BCUT2D eigenvalue weighted by atomic mass is 32.2. The largest absolute Gasteiger partial charge is 0.396 e. The number of benzene rings is 1. The van der Waals surface area contributed by atoms with Gasteiger partial charge in [-0.1, -0.05) is 18.2 Å². The number of hydrogen-bond donors (Lipinski definition) is 1. The summed E-state index contributed by atoms with van der Waals surface area (Å²) in [6.07, 6.45) is 0.385. The van der Waals surface area contributed by atoms with E-state index < -0.39 is 9.84 Å². The molecule has 1 aliphatic rings. The number of fused-ring (bicyclic) bond motifs is 1. The number of rotatable bonds is 2. The van der Waals surface area contributed by atoms with Crippen LogP contribution in [-0.2, 0) is 9.84 Å². The van der Waals surface area contributed by atoms with Crippen molar-refractivity contribution in [2.45, 2.75) is 18.2 Å². The maximum absolute atomic E-state index is 11.8. The lowest BCUT2D eigenvalue weighted by Crippen LogP contribution is -1.96. The minimum absolute atomic E-state index is 0.0330. The Morgan fingerprint density at radius 2 is 2.07 bits per heavy atom. The molecule has 2 rings (SSSR count). The van der Waals surface area contributed by atoms with Crippen LogP contribution in [0.4, 0.5) is 0 Å². The van der Waals surface area contributed by atoms with Gasteiger partial charge in [0.1, 0.15) is 0 Å². The zero-order chi connectivity index (χ0) is 11.1. The molecule has 0 aliphatic carbocycles. The summed E-state index contributed by atoms with van der Waals surface area (Å²) in [5.41, 5.74) is 2.21. The first-order valence-corrected chi connectivity index (χ1v) is 6.27. The molecule has 0 spiro atoms. The van der Waals surface area contributed by atoms with E-state index in [1.54, 1.807) is 19.1 Å². The van der Waals surface area contributed by atoms with Crippen LogP contribution in [0.3, 0.4) is 0 Å². The van der Waals surface area contributed by atoms with E-state index in [1.807, 2.05) is 6.07 Å². The third kappa shape index (κ3) is 1.60. The third-order valence-corrected chi connectivity index (χ3v) is 4.23. The first-order chi connectivity index (χ1) is 7.06. The fourth-order valence-corrected chi connectivity index (χ4v) is 3.67. The Bertz CT molecular complexity index is 527. The van der Waals surface area contributed by atoms with Gasteiger partial charge in [0.05, 0.1) is 4.90 Å². The van der Waals surface area contributed by atoms with Crippen LogP contribution < -0.4 is 0 Å². The Labute approximate surface area is 89.0 Å². The van der Waals surface area contributed by atoms with E-state index in [9.17, 15) is 8.42 Å². The fraction of sp³-hybridized carbons (Fsp3) is 0.273. The molecule has 1 aromatic rings. The molecule has 0 saturated carbocycles. The lowest BCUT2D eigenvalue weighted by atomic mass is 10.0. The van der Waals surface area contributed by atoms with E-state index in [0.29, 0.717) is 16.9 Å². The molecular weight excluding hydrogens is 212 g/mol. The minimum atomic E-state index is -3.28. The fourth-order valence-electron chi connectivity index (χ4n) is 1.91. The molecule has 0 aromatic heterocycles. The average Bonchev–Trinajstić information content (AvgIpc) is 2.40. The van der Waals surface area contributed by atoms with Gasteiger partial charge in [-0.2, -0.15) is 0 Å². The Hall–Kier alpha value is -1.13. The minimum Gasteiger partial charge on any atom is -0.396 e. The number of sulfone groups is 1. The summed E-state index contributed by atoms with van der Waals surface area (Å²) in [5, 5.41) is 10.1. The summed E-state index contributed by atoms with van der Waals surface area (Å²) < 4.78 is 23.6. The van der Waals surface area contributed by atoms with E-state index in [1.165, 1.54) is 5.41 Å². The maximum atomic E-state index is 11.8. The molecule has 3 nitrogen and oxygen atoms in total. The van der Waals surface area contributed by atoms with Crippen molar-refractivity contribution in [1.82, 2.24) is 0 Å². The third-order valence-electron chi connectivity index (χ3n) is 2.52. The molecule has 0 amide bonds. The van der Waals surface area contributed by atoms with Crippen molar-refractivity contribution in [2.24, 2.45) is 0 Å². The molecule has 0 saturated heterocycles. The average molecular weight is 224 g/mol. The van der Waals surface area contributed by atoms with Crippen molar-refractivity contribution in [2.75, 3.05) is 6.61 Å². The highest BCUT2D eigenvalue weighted by molar-refractivity contribution is 7.95. The van der Waals surface area contributed by atoms with Gasteiger partial charge in [0.25, 0.3) is 0 Å². The standard InChI is InChI=1S/C11H12O3S/c1-8-3-2-4-10-9(5-6-12)7-15(13,14)11(8)10/h2-4,7,12H,5-6H2,1H3. The van der Waals surface area contributed by atoms with Gasteiger partial charge >= 0.3 is 0 Å². The predicted octanol–water partition coefficient (Wildman–Crippen LogP) is 1.51. The van der Waals surface area contributed by atoms with Crippen molar-refractivity contribution in [3.8, 4) is 0 Å². The van der Waals surface area contributed by atoms with Gasteiger partial charge in [0, 0.05) is 12.0 Å². The molecule has 0 fully saturated rings. The summed E-state index contributed by atoms with van der Waals surface area (Å²) in [5.74, 6) is 0. The van der Waals surface area contributed by atoms with Gasteiger partial charge in [-0.25, -0.2) is 8.42 Å². The van der Waals surface area contributed by atoms with Crippen molar-refractivity contribution in [3.05, 3.63) is 34.7 Å². The summed E-state index contributed by atoms with van der Waals surface area (Å²) in [4.78, 5) is 0.397. The first-order valence-electron chi connectivity index (χ1n) is 4.73. The SMILES string of the molecule is Cc1cccc2c1S(=O)(=O)C=C2CCO. The molecule has 1 heterocycles.